The molecule has 0 spiro atoms. The Morgan fingerprint density at radius 2 is 1.97 bits per heavy atom. The highest BCUT2D eigenvalue weighted by Crippen LogP contribution is 2.29. The number of halogens is 1. The predicted octanol–water partition coefficient (Wildman–Crippen LogP) is 4.79. The molecule has 1 aliphatic carbocycles. The van der Waals surface area contributed by atoms with Crippen LogP contribution >= 0.6 is 23.1 Å². The number of hydrogen-bond donors (Lipinski definition) is 0. The highest BCUT2D eigenvalue weighted by molar-refractivity contribution is 7.09. The van der Waals surface area contributed by atoms with Crippen molar-refractivity contribution in [3.8, 4) is 0 Å². The van der Waals surface area contributed by atoms with E-state index in [9.17, 15) is 4.79 Å². The first-order valence-electron chi connectivity index (χ1n) is 10.7. The number of anilines is 1. The van der Waals surface area contributed by atoms with E-state index in [1.807, 2.05) is 24.3 Å². The number of hydrogen-bond acceptors (Lipinski definition) is 5. The molecule has 156 valence electrons. The van der Waals surface area contributed by atoms with Crippen molar-refractivity contribution in [1.29, 1.82) is 0 Å². The molecule has 2 heterocycles. The Bertz CT molecular complexity index is 818. The molecule has 0 bridgehead atoms. The minimum Gasteiger partial charge on any atom is -0.343 e. The van der Waals surface area contributed by atoms with Crippen molar-refractivity contribution in [2.24, 2.45) is 5.92 Å². The third-order valence-electron chi connectivity index (χ3n) is 6.19. The van der Waals surface area contributed by atoms with Crippen molar-refractivity contribution < 1.29 is 4.79 Å². The number of piperazine rings is 1. The first kappa shape index (κ1) is 20.6. The molecule has 1 aromatic carbocycles. The summed E-state index contributed by atoms with van der Waals surface area (Å²) in [6.45, 7) is 4.58. The lowest BCUT2D eigenvalue weighted by atomic mass is 10.0. The number of amides is 1. The maximum Gasteiger partial charge on any atom is 0.222 e. The Kier molecular flexibility index (Phi) is 6.70. The summed E-state index contributed by atoms with van der Waals surface area (Å²) in [4.78, 5) is 21.8. The molecule has 1 aliphatic heterocycles. The fourth-order valence-corrected chi connectivity index (χ4v) is 5.35. The molecule has 1 atom stereocenters. The molecular weight excluding hydrogens is 404 g/mol. The van der Waals surface area contributed by atoms with E-state index < -0.39 is 0 Å². The largest absolute Gasteiger partial charge is 0.343 e. The van der Waals surface area contributed by atoms with E-state index in [2.05, 4.69) is 21.1 Å². The van der Waals surface area contributed by atoms with Crippen LogP contribution in [0.3, 0.4) is 0 Å². The van der Waals surface area contributed by atoms with Gasteiger partial charge in [0.05, 0.1) is 0 Å². The third-order valence-corrected chi connectivity index (χ3v) is 7.26. The number of carbonyl (C=O) groups excluding carboxylic acids is 1. The summed E-state index contributed by atoms with van der Waals surface area (Å²) >= 11 is 7.41. The van der Waals surface area contributed by atoms with Crippen LogP contribution < -0.4 is 4.90 Å². The van der Waals surface area contributed by atoms with Gasteiger partial charge in [0.25, 0.3) is 0 Å². The summed E-state index contributed by atoms with van der Waals surface area (Å²) in [5.74, 6) is 1.94. The second-order valence-electron chi connectivity index (χ2n) is 8.37. The molecule has 0 N–H and O–H groups in total. The van der Waals surface area contributed by atoms with Gasteiger partial charge in [0.1, 0.15) is 5.82 Å². The average Bonchev–Trinajstić information content (AvgIpc) is 3.40. The van der Waals surface area contributed by atoms with Crippen LogP contribution in [0, 0.1) is 5.92 Å². The van der Waals surface area contributed by atoms with Gasteiger partial charge >= 0.3 is 0 Å². The van der Waals surface area contributed by atoms with Gasteiger partial charge in [-0.15, -0.1) is 0 Å². The zero-order valence-corrected chi connectivity index (χ0v) is 18.6. The first-order valence-corrected chi connectivity index (χ1v) is 11.8. The molecule has 0 radical (unpaired) electrons. The van der Waals surface area contributed by atoms with E-state index in [4.69, 9.17) is 16.6 Å². The standard InChI is InChI=1S/C22H29ClN4OS/c1-16-15-26(12-13-27(16)21(28)11-8-17-4-2-3-5-17)22-24-20(25-29-22)14-18-6-9-19(23)10-7-18/h6-7,9-10,16-17H,2-5,8,11-15H2,1H3. The summed E-state index contributed by atoms with van der Waals surface area (Å²) in [5, 5.41) is 1.70. The molecule has 29 heavy (non-hydrogen) atoms. The number of benzene rings is 1. The van der Waals surface area contributed by atoms with Gasteiger partial charge in [-0.1, -0.05) is 49.4 Å². The first-order chi connectivity index (χ1) is 14.1. The van der Waals surface area contributed by atoms with Gasteiger partial charge in [-0.05, 0) is 37.0 Å². The Morgan fingerprint density at radius 3 is 2.69 bits per heavy atom. The number of aromatic nitrogens is 2. The van der Waals surface area contributed by atoms with Gasteiger partial charge in [-0.25, -0.2) is 4.98 Å². The monoisotopic (exact) mass is 432 g/mol. The van der Waals surface area contributed by atoms with Crippen LogP contribution in [0.25, 0.3) is 0 Å². The van der Waals surface area contributed by atoms with E-state index in [0.717, 1.165) is 53.5 Å². The molecule has 1 amide bonds. The Hall–Kier alpha value is -1.66. The van der Waals surface area contributed by atoms with Crippen LogP contribution in [0.1, 0.15) is 56.8 Å². The lowest BCUT2D eigenvalue weighted by Crippen LogP contribution is -2.54. The molecule has 7 heteroatoms. The maximum absolute atomic E-state index is 12.7. The summed E-state index contributed by atoms with van der Waals surface area (Å²) in [7, 11) is 0. The van der Waals surface area contributed by atoms with Crippen LogP contribution in [0.15, 0.2) is 24.3 Å². The van der Waals surface area contributed by atoms with Gasteiger partial charge in [-0.3, -0.25) is 4.79 Å². The van der Waals surface area contributed by atoms with Crippen LogP contribution in [0.5, 0.6) is 0 Å². The van der Waals surface area contributed by atoms with E-state index >= 15 is 0 Å². The van der Waals surface area contributed by atoms with Crippen LogP contribution in [0.4, 0.5) is 5.13 Å². The second kappa shape index (κ2) is 9.43. The average molecular weight is 433 g/mol. The zero-order valence-electron chi connectivity index (χ0n) is 17.0. The molecule has 2 aliphatic rings. The van der Waals surface area contributed by atoms with Crippen LogP contribution in [-0.2, 0) is 11.2 Å². The van der Waals surface area contributed by atoms with Crippen molar-refractivity contribution in [3.63, 3.8) is 0 Å². The van der Waals surface area contributed by atoms with Crippen molar-refractivity contribution in [2.75, 3.05) is 24.5 Å². The molecule has 1 saturated heterocycles. The molecule has 5 nitrogen and oxygen atoms in total. The van der Waals surface area contributed by atoms with E-state index in [1.54, 1.807) is 0 Å². The minimum atomic E-state index is 0.212. The number of carbonyl (C=O) groups is 1. The Balaban J connectivity index is 1.29. The van der Waals surface area contributed by atoms with E-state index in [0.29, 0.717) is 18.7 Å². The SMILES string of the molecule is CC1CN(c2nc(Cc3ccc(Cl)cc3)ns2)CCN1C(=O)CCC1CCCC1. The summed E-state index contributed by atoms with van der Waals surface area (Å²) < 4.78 is 4.54. The third kappa shape index (κ3) is 5.28. The quantitative estimate of drug-likeness (QED) is 0.658. The number of nitrogens with zero attached hydrogens (tertiary/aromatic N) is 4. The summed E-state index contributed by atoms with van der Waals surface area (Å²) in [5.41, 5.74) is 1.16. The highest BCUT2D eigenvalue weighted by Gasteiger charge is 2.29. The summed E-state index contributed by atoms with van der Waals surface area (Å²) in [6, 6.07) is 8.04. The molecule has 1 aromatic heterocycles. The van der Waals surface area contributed by atoms with Crippen molar-refractivity contribution in [3.05, 3.63) is 40.7 Å². The molecule has 2 aromatic rings. The minimum absolute atomic E-state index is 0.212. The normalized spacial score (nSPS) is 20.4. The Morgan fingerprint density at radius 1 is 1.21 bits per heavy atom. The molecule has 2 fully saturated rings. The predicted molar refractivity (Wildman–Crippen MR) is 119 cm³/mol. The van der Waals surface area contributed by atoms with Gasteiger partial charge in [-0.2, -0.15) is 4.37 Å². The topological polar surface area (TPSA) is 49.3 Å². The van der Waals surface area contributed by atoms with Gasteiger partial charge in [0.15, 0.2) is 0 Å². The fourth-order valence-electron chi connectivity index (χ4n) is 4.50. The smallest absolute Gasteiger partial charge is 0.222 e. The lowest BCUT2D eigenvalue weighted by molar-refractivity contribution is -0.133. The molecule has 1 unspecified atom stereocenters. The molecule has 4 rings (SSSR count). The lowest BCUT2D eigenvalue weighted by Gasteiger charge is -2.39. The zero-order chi connectivity index (χ0) is 20.2. The molecule has 1 saturated carbocycles. The maximum atomic E-state index is 12.7. The van der Waals surface area contributed by atoms with Crippen LogP contribution in [0.2, 0.25) is 5.02 Å². The van der Waals surface area contributed by atoms with E-state index in [1.165, 1.54) is 37.2 Å². The van der Waals surface area contributed by atoms with E-state index in [-0.39, 0.29) is 6.04 Å². The summed E-state index contributed by atoms with van der Waals surface area (Å²) in [6.07, 6.45) is 7.79. The van der Waals surface area contributed by atoms with Crippen molar-refractivity contribution in [1.82, 2.24) is 14.3 Å². The molecular formula is C22H29ClN4OS. The Labute approximate surface area is 182 Å². The highest BCUT2D eigenvalue weighted by atomic mass is 35.5. The van der Waals surface area contributed by atoms with Gasteiger partial charge in [0.2, 0.25) is 11.0 Å². The second-order valence-corrected chi connectivity index (χ2v) is 9.53. The van der Waals surface area contributed by atoms with Crippen LogP contribution in [-0.4, -0.2) is 45.8 Å². The van der Waals surface area contributed by atoms with Gasteiger partial charge < -0.3 is 9.80 Å². The fraction of sp³-hybridized carbons (Fsp3) is 0.591. The van der Waals surface area contributed by atoms with Crippen molar-refractivity contribution in [2.45, 2.75) is 57.9 Å². The van der Waals surface area contributed by atoms with Crippen molar-refractivity contribution >= 4 is 34.2 Å². The number of rotatable bonds is 6. The van der Waals surface area contributed by atoms with Gasteiger partial charge in [0, 0.05) is 55.1 Å².